The molecular formula is C9H8BrClO. The Morgan fingerprint density at radius 1 is 1.58 bits per heavy atom. The van der Waals surface area contributed by atoms with Crippen LogP contribution in [-0.2, 0) is 11.2 Å². The number of hydrogen-bond donors (Lipinski definition) is 0. The van der Waals surface area contributed by atoms with E-state index in [9.17, 15) is 0 Å². The maximum absolute atomic E-state index is 6.02. The van der Waals surface area contributed by atoms with Gasteiger partial charge in [-0.3, -0.25) is 0 Å². The number of ether oxygens (including phenoxy) is 1. The summed E-state index contributed by atoms with van der Waals surface area (Å²) in [6.45, 7) is 0.881. The van der Waals surface area contributed by atoms with E-state index in [4.69, 9.17) is 16.3 Å². The van der Waals surface area contributed by atoms with E-state index >= 15 is 0 Å². The fraction of sp³-hybridized carbons (Fsp3) is 0.333. The molecule has 2 rings (SSSR count). The summed E-state index contributed by atoms with van der Waals surface area (Å²) in [6.07, 6.45) is 1.34. The lowest BCUT2D eigenvalue weighted by molar-refractivity contribution is 0.407. The summed E-state index contributed by atoms with van der Waals surface area (Å²) in [7, 11) is 0. The molecule has 64 valence electrons. The average molecular weight is 248 g/mol. The molecule has 0 bridgehead atoms. The first-order chi connectivity index (χ1) is 5.75. The Kier molecular flexibility index (Phi) is 2.40. The number of hydrogen-bond acceptors (Lipinski definition) is 1. The van der Waals surface area contributed by atoms with E-state index < -0.39 is 0 Å². The van der Waals surface area contributed by atoms with Gasteiger partial charge in [-0.15, -0.1) is 0 Å². The van der Waals surface area contributed by atoms with Crippen LogP contribution in [0.4, 0.5) is 0 Å². The molecule has 0 radical (unpaired) electrons. The monoisotopic (exact) mass is 246 g/mol. The molecule has 0 saturated carbocycles. The third-order valence-electron chi connectivity index (χ3n) is 1.87. The third-order valence-corrected chi connectivity index (χ3v) is 2.71. The van der Waals surface area contributed by atoms with Crippen LogP contribution in [0, 0.1) is 0 Å². The summed E-state index contributed by atoms with van der Waals surface area (Å²) in [4.78, 5) is 0. The van der Waals surface area contributed by atoms with Gasteiger partial charge in [0.15, 0.2) is 0 Å². The van der Waals surface area contributed by atoms with Crippen LogP contribution in [0.3, 0.4) is 0 Å². The maximum Gasteiger partial charge on any atom is 0.0850 e. The Bertz CT molecular complexity index is 297. The Hall–Kier alpha value is -0.0500. The molecule has 1 aliphatic heterocycles. The van der Waals surface area contributed by atoms with Crippen molar-refractivity contribution in [3.8, 4) is 0 Å². The van der Waals surface area contributed by atoms with Crippen LogP contribution in [0.2, 0.25) is 5.02 Å². The summed E-state index contributed by atoms with van der Waals surface area (Å²) in [5.41, 5.74) is 1.17. The van der Waals surface area contributed by atoms with Crippen molar-refractivity contribution in [2.45, 2.75) is 12.5 Å². The van der Waals surface area contributed by atoms with Crippen molar-refractivity contribution in [1.29, 1.82) is 0 Å². The average Bonchev–Trinajstić information content (AvgIpc) is 2.79. The lowest BCUT2D eigenvalue weighted by Gasteiger charge is -2.01. The fourth-order valence-corrected chi connectivity index (χ4v) is 1.87. The second-order valence-corrected chi connectivity index (χ2v) is 4.22. The molecule has 0 aliphatic carbocycles. The van der Waals surface area contributed by atoms with E-state index in [1.165, 1.54) is 5.56 Å². The molecule has 0 aromatic heterocycles. The highest BCUT2D eigenvalue weighted by molar-refractivity contribution is 9.10. The predicted octanol–water partition coefficient (Wildman–Crippen LogP) is 3.04. The van der Waals surface area contributed by atoms with Crippen LogP contribution in [0.15, 0.2) is 22.7 Å². The smallest absolute Gasteiger partial charge is 0.0850 e. The fourth-order valence-electron chi connectivity index (χ4n) is 1.12. The number of epoxide rings is 1. The van der Waals surface area contributed by atoms with Gasteiger partial charge in [-0.25, -0.2) is 0 Å². The van der Waals surface area contributed by atoms with Gasteiger partial charge in [0.05, 0.1) is 12.7 Å². The Morgan fingerprint density at radius 3 is 2.92 bits per heavy atom. The highest BCUT2D eigenvalue weighted by Gasteiger charge is 2.23. The molecule has 1 aromatic carbocycles. The predicted molar refractivity (Wildman–Crippen MR) is 52.6 cm³/mol. The van der Waals surface area contributed by atoms with Gasteiger partial charge < -0.3 is 4.74 Å². The first-order valence-corrected chi connectivity index (χ1v) is 4.98. The highest BCUT2D eigenvalue weighted by Crippen LogP contribution is 2.25. The first-order valence-electron chi connectivity index (χ1n) is 3.81. The van der Waals surface area contributed by atoms with Gasteiger partial charge in [0.1, 0.15) is 0 Å². The Balaban J connectivity index is 2.18. The second-order valence-electron chi connectivity index (χ2n) is 2.90. The van der Waals surface area contributed by atoms with E-state index in [1.807, 2.05) is 18.2 Å². The first kappa shape index (κ1) is 8.54. The molecule has 1 nitrogen and oxygen atoms in total. The van der Waals surface area contributed by atoms with E-state index in [-0.39, 0.29) is 0 Å². The molecule has 1 heterocycles. The van der Waals surface area contributed by atoms with Crippen molar-refractivity contribution in [2.24, 2.45) is 0 Å². The number of halogens is 2. The van der Waals surface area contributed by atoms with Crippen LogP contribution in [-0.4, -0.2) is 12.7 Å². The lowest BCUT2D eigenvalue weighted by Crippen LogP contribution is -1.93. The van der Waals surface area contributed by atoms with Gasteiger partial charge in [0.25, 0.3) is 0 Å². The normalized spacial score (nSPS) is 21.0. The maximum atomic E-state index is 6.02. The van der Waals surface area contributed by atoms with Crippen LogP contribution < -0.4 is 0 Å². The zero-order chi connectivity index (χ0) is 8.55. The largest absolute Gasteiger partial charge is 0.373 e. The van der Waals surface area contributed by atoms with Gasteiger partial charge in [-0.05, 0) is 17.7 Å². The number of rotatable bonds is 2. The molecule has 3 heteroatoms. The topological polar surface area (TPSA) is 12.5 Å². The minimum atomic E-state index is 0.406. The molecule has 1 saturated heterocycles. The van der Waals surface area contributed by atoms with E-state index in [0.29, 0.717) is 6.10 Å². The van der Waals surface area contributed by atoms with Crippen LogP contribution >= 0.6 is 27.5 Å². The quantitative estimate of drug-likeness (QED) is 0.732. The summed E-state index contributed by atoms with van der Waals surface area (Å²) < 4.78 is 6.15. The van der Waals surface area contributed by atoms with Gasteiger partial charge >= 0.3 is 0 Å². The minimum Gasteiger partial charge on any atom is -0.373 e. The SMILES string of the molecule is Clc1cc(Br)ccc1CC1CO1. The standard InChI is InChI=1S/C9H8BrClO/c10-7-2-1-6(9(11)4-7)3-8-5-12-8/h1-2,4,8H,3,5H2. The van der Waals surface area contributed by atoms with Gasteiger partial charge in [0.2, 0.25) is 0 Å². The van der Waals surface area contributed by atoms with Crippen molar-refractivity contribution in [2.75, 3.05) is 6.61 Å². The summed E-state index contributed by atoms with van der Waals surface area (Å²) in [6, 6.07) is 5.96. The van der Waals surface area contributed by atoms with Crippen molar-refractivity contribution < 1.29 is 4.74 Å². The molecule has 0 N–H and O–H groups in total. The molecule has 12 heavy (non-hydrogen) atoms. The van der Waals surface area contributed by atoms with Crippen molar-refractivity contribution >= 4 is 27.5 Å². The number of benzene rings is 1. The molecule has 1 aromatic rings. The Morgan fingerprint density at radius 2 is 2.33 bits per heavy atom. The summed E-state index contributed by atoms with van der Waals surface area (Å²) in [5.74, 6) is 0. The van der Waals surface area contributed by atoms with Gasteiger partial charge in [0, 0.05) is 15.9 Å². The van der Waals surface area contributed by atoms with Gasteiger partial charge in [-0.1, -0.05) is 33.6 Å². The van der Waals surface area contributed by atoms with Gasteiger partial charge in [-0.2, -0.15) is 0 Å². The Labute approximate surface area is 84.8 Å². The molecule has 0 spiro atoms. The van der Waals surface area contributed by atoms with Crippen molar-refractivity contribution in [3.63, 3.8) is 0 Å². The molecule has 1 atom stereocenters. The highest BCUT2D eigenvalue weighted by atomic mass is 79.9. The van der Waals surface area contributed by atoms with Crippen LogP contribution in [0.1, 0.15) is 5.56 Å². The second kappa shape index (κ2) is 3.36. The summed E-state index contributed by atoms with van der Waals surface area (Å²) in [5, 5.41) is 0.819. The van der Waals surface area contributed by atoms with Crippen molar-refractivity contribution in [1.82, 2.24) is 0 Å². The molecular weight excluding hydrogens is 239 g/mol. The van der Waals surface area contributed by atoms with E-state index in [2.05, 4.69) is 15.9 Å². The zero-order valence-electron chi connectivity index (χ0n) is 6.39. The van der Waals surface area contributed by atoms with Crippen LogP contribution in [0.5, 0.6) is 0 Å². The third kappa shape index (κ3) is 2.00. The molecule has 1 aliphatic rings. The van der Waals surface area contributed by atoms with E-state index in [0.717, 1.165) is 22.5 Å². The lowest BCUT2D eigenvalue weighted by atomic mass is 10.1. The molecule has 1 unspecified atom stereocenters. The molecule has 1 fully saturated rings. The summed E-state index contributed by atoms with van der Waals surface area (Å²) >= 11 is 9.38. The minimum absolute atomic E-state index is 0.406. The van der Waals surface area contributed by atoms with Crippen LogP contribution in [0.25, 0.3) is 0 Å². The zero-order valence-corrected chi connectivity index (χ0v) is 8.73. The molecule has 0 amide bonds. The van der Waals surface area contributed by atoms with Crippen molar-refractivity contribution in [3.05, 3.63) is 33.3 Å². The van der Waals surface area contributed by atoms with E-state index in [1.54, 1.807) is 0 Å².